The van der Waals surface area contributed by atoms with Crippen LogP contribution in [0.25, 0.3) is 0 Å². The van der Waals surface area contributed by atoms with Crippen molar-refractivity contribution in [2.75, 3.05) is 13.7 Å². The number of hydrogen-bond donors (Lipinski definition) is 1. The zero-order chi connectivity index (χ0) is 15.2. The topological polar surface area (TPSA) is 21.3 Å². The normalized spacial score (nSPS) is 13.9. The Morgan fingerprint density at radius 3 is 2.38 bits per heavy atom. The van der Waals surface area contributed by atoms with Crippen molar-refractivity contribution in [2.45, 2.75) is 32.9 Å². The summed E-state index contributed by atoms with van der Waals surface area (Å²) in [5.41, 5.74) is 5.23. The van der Waals surface area contributed by atoms with Crippen LogP contribution in [0.15, 0.2) is 48.5 Å². The van der Waals surface area contributed by atoms with Gasteiger partial charge in [-0.25, -0.2) is 0 Å². The van der Waals surface area contributed by atoms with Gasteiger partial charge in [0.1, 0.15) is 0 Å². The van der Waals surface area contributed by atoms with E-state index in [9.17, 15) is 0 Å². The lowest BCUT2D eigenvalue weighted by Gasteiger charge is -2.25. The molecule has 0 radical (unpaired) electrons. The van der Waals surface area contributed by atoms with Gasteiger partial charge in [0.15, 0.2) is 0 Å². The molecule has 2 heteroatoms. The van der Waals surface area contributed by atoms with Crippen LogP contribution in [0.2, 0.25) is 0 Å². The SMILES string of the molecule is COCC(C)NC(c1ccccc1)c1ccc(C)cc1C. The van der Waals surface area contributed by atoms with Gasteiger partial charge in [-0.2, -0.15) is 0 Å². The first-order valence-corrected chi connectivity index (χ1v) is 7.49. The Bertz CT molecular complexity index is 565. The molecule has 0 aliphatic carbocycles. The van der Waals surface area contributed by atoms with E-state index < -0.39 is 0 Å². The molecule has 2 rings (SSSR count). The van der Waals surface area contributed by atoms with Crippen LogP contribution in [0, 0.1) is 13.8 Å². The van der Waals surface area contributed by atoms with Gasteiger partial charge in [0.2, 0.25) is 0 Å². The van der Waals surface area contributed by atoms with E-state index in [-0.39, 0.29) is 6.04 Å². The summed E-state index contributed by atoms with van der Waals surface area (Å²) in [4.78, 5) is 0. The summed E-state index contributed by atoms with van der Waals surface area (Å²) in [6.07, 6.45) is 0. The molecule has 0 aliphatic heterocycles. The van der Waals surface area contributed by atoms with Crippen LogP contribution in [0.4, 0.5) is 0 Å². The monoisotopic (exact) mass is 283 g/mol. The maximum absolute atomic E-state index is 5.26. The minimum absolute atomic E-state index is 0.192. The summed E-state index contributed by atoms with van der Waals surface area (Å²) in [5.74, 6) is 0. The van der Waals surface area contributed by atoms with Crippen LogP contribution in [-0.2, 0) is 4.74 Å². The minimum Gasteiger partial charge on any atom is -0.383 e. The van der Waals surface area contributed by atoms with Crippen molar-refractivity contribution in [2.24, 2.45) is 0 Å². The van der Waals surface area contributed by atoms with Crippen LogP contribution in [0.3, 0.4) is 0 Å². The Balaban J connectivity index is 2.35. The van der Waals surface area contributed by atoms with Gasteiger partial charge in [0, 0.05) is 13.2 Å². The highest BCUT2D eigenvalue weighted by molar-refractivity contribution is 5.39. The molecule has 0 saturated heterocycles. The van der Waals surface area contributed by atoms with Gasteiger partial charge in [0.25, 0.3) is 0 Å². The summed E-state index contributed by atoms with van der Waals surface area (Å²) in [5, 5.41) is 3.69. The van der Waals surface area contributed by atoms with E-state index in [1.54, 1.807) is 7.11 Å². The van der Waals surface area contributed by atoms with Crippen molar-refractivity contribution >= 4 is 0 Å². The molecule has 0 saturated carbocycles. The molecule has 2 aromatic rings. The Kier molecular flexibility index (Phi) is 5.54. The summed E-state index contributed by atoms with van der Waals surface area (Å²) in [6.45, 7) is 7.17. The van der Waals surface area contributed by atoms with Crippen LogP contribution in [0.1, 0.15) is 35.2 Å². The van der Waals surface area contributed by atoms with E-state index in [2.05, 4.69) is 74.6 Å². The Hall–Kier alpha value is -1.64. The van der Waals surface area contributed by atoms with Gasteiger partial charge < -0.3 is 10.1 Å². The lowest BCUT2D eigenvalue weighted by molar-refractivity contribution is 0.169. The maximum atomic E-state index is 5.26. The second-order valence-corrected chi connectivity index (χ2v) is 5.73. The third-order valence-corrected chi connectivity index (χ3v) is 3.74. The smallest absolute Gasteiger partial charge is 0.0613 e. The molecule has 2 aromatic carbocycles. The van der Waals surface area contributed by atoms with Gasteiger partial charge in [-0.3, -0.25) is 0 Å². The van der Waals surface area contributed by atoms with E-state index in [4.69, 9.17) is 4.74 Å². The maximum Gasteiger partial charge on any atom is 0.0613 e. The van der Waals surface area contributed by atoms with Gasteiger partial charge in [-0.05, 0) is 37.5 Å². The molecule has 2 atom stereocenters. The second kappa shape index (κ2) is 7.39. The zero-order valence-electron chi connectivity index (χ0n) is 13.4. The molecule has 0 spiro atoms. The average molecular weight is 283 g/mol. The molecular weight excluding hydrogens is 258 g/mol. The van der Waals surface area contributed by atoms with Crippen LogP contribution < -0.4 is 5.32 Å². The third-order valence-electron chi connectivity index (χ3n) is 3.74. The molecule has 0 heterocycles. The molecule has 2 unspecified atom stereocenters. The highest BCUT2D eigenvalue weighted by Gasteiger charge is 2.18. The lowest BCUT2D eigenvalue weighted by atomic mass is 9.93. The number of aryl methyl sites for hydroxylation is 2. The molecule has 21 heavy (non-hydrogen) atoms. The first-order chi connectivity index (χ1) is 10.1. The Morgan fingerprint density at radius 2 is 1.76 bits per heavy atom. The van der Waals surface area contributed by atoms with E-state index in [0.717, 1.165) is 0 Å². The van der Waals surface area contributed by atoms with E-state index in [1.165, 1.54) is 22.3 Å². The highest BCUT2D eigenvalue weighted by atomic mass is 16.5. The number of hydrogen-bond acceptors (Lipinski definition) is 2. The molecule has 0 aliphatic rings. The molecular formula is C19H25NO. The van der Waals surface area contributed by atoms with Crippen LogP contribution in [-0.4, -0.2) is 19.8 Å². The minimum atomic E-state index is 0.192. The summed E-state index contributed by atoms with van der Waals surface area (Å²) < 4.78 is 5.26. The van der Waals surface area contributed by atoms with Crippen molar-refractivity contribution in [3.8, 4) is 0 Å². The predicted octanol–water partition coefficient (Wildman–Crippen LogP) is 4.02. The van der Waals surface area contributed by atoms with E-state index >= 15 is 0 Å². The Morgan fingerprint density at radius 1 is 1.05 bits per heavy atom. The fraction of sp³-hybridized carbons (Fsp3) is 0.368. The van der Waals surface area contributed by atoms with Gasteiger partial charge in [0.05, 0.1) is 12.6 Å². The predicted molar refractivity (Wildman–Crippen MR) is 88.7 cm³/mol. The summed E-state index contributed by atoms with van der Waals surface area (Å²) in [6, 6.07) is 17.7. The third kappa shape index (κ3) is 4.16. The first-order valence-electron chi connectivity index (χ1n) is 7.49. The van der Waals surface area contributed by atoms with Gasteiger partial charge >= 0.3 is 0 Å². The standard InChI is InChI=1S/C19H25NO/c1-14-10-11-18(15(2)12-14)19(20-16(3)13-21-4)17-8-6-5-7-9-17/h5-12,16,19-20H,13H2,1-4H3. The average Bonchev–Trinajstić information content (AvgIpc) is 2.47. The molecule has 1 N–H and O–H groups in total. The van der Waals surface area contributed by atoms with Crippen LogP contribution >= 0.6 is 0 Å². The first kappa shape index (κ1) is 15.7. The number of nitrogens with one attached hydrogen (secondary N) is 1. The molecule has 0 bridgehead atoms. The molecule has 0 aromatic heterocycles. The second-order valence-electron chi connectivity index (χ2n) is 5.73. The molecule has 112 valence electrons. The van der Waals surface area contributed by atoms with E-state index in [1.807, 2.05) is 0 Å². The number of ether oxygens (including phenoxy) is 1. The zero-order valence-corrected chi connectivity index (χ0v) is 13.4. The molecule has 0 amide bonds. The number of rotatable bonds is 6. The summed E-state index contributed by atoms with van der Waals surface area (Å²) >= 11 is 0. The van der Waals surface area contributed by atoms with Crippen molar-refractivity contribution in [3.63, 3.8) is 0 Å². The van der Waals surface area contributed by atoms with E-state index in [0.29, 0.717) is 12.6 Å². The largest absolute Gasteiger partial charge is 0.383 e. The van der Waals surface area contributed by atoms with Crippen LogP contribution in [0.5, 0.6) is 0 Å². The quantitative estimate of drug-likeness (QED) is 0.864. The number of methoxy groups -OCH3 is 1. The van der Waals surface area contributed by atoms with Gasteiger partial charge in [-0.1, -0.05) is 54.1 Å². The fourth-order valence-corrected chi connectivity index (χ4v) is 2.74. The van der Waals surface area contributed by atoms with Crippen molar-refractivity contribution < 1.29 is 4.74 Å². The highest BCUT2D eigenvalue weighted by Crippen LogP contribution is 2.26. The summed E-state index contributed by atoms with van der Waals surface area (Å²) in [7, 11) is 1.74. The molecule has 0 fully saturated rings. The molecule has 2 nitrogen and oxygen atoms in total. The number of benzene rings is 2. The van der Waals surface area contributed by atoms with Gasteiger partial charge in [-0.15, -0.1) is 0 Å². The lowest BCUT2D eigenvalue weighted by Crippen LogP contribution is -2.34. The van der Waals surface area contributed by atoms with Crippen molar-refractivity contribution in [1.82, 2.24) is 5.32 Å². The fourth-order valence-electron chi connectivity index (χ4n) is 2.74. The van der Waals surface area contributed by atoms with Crippen molar-refractivity contribution in [3.05, 3.63) is 70.8 Å². The van der Waals surface area contributed by atoms with Crippen molar-refractivity contribution in [1.29, 1.82) is 0 Å². The Labute approximate surface area is 128 Å².